The first-order valence-corrected chi connectivity index (χ1v) is 7.85. The minimum Gasteiger partial charge on any atom is -0.344 e. The number of nitrogens with two attached hydrogens (primary N) is 1. The molecule has 0 bridgehead atoms. The quantitative estimate of drug-likeness (QED) is 0.850. The van der Waals surface area contributed by atoms with E-state index in [2.05, 4.69) is 5.32 Å². The molecule has 1 aliphatic heterocycles. The molecule has 1 heterocycles. The molecule has 1 unspecified atom stereocenters. The van der Waals surface area contributed by atoms with E-state index in [0.717, 1.165) is 12.0 Å². The summed E-state index contributed by atoms with van der Waals surface area (Å²) >= 11 is 0. The lowest BCUT2D eigenvalue weighted by atomic mass is 10.0. The Morgan fingerprint density at radius 2 is 1.96 bits per heavy atom. The number of hydrogen-bond acceptors (Lipinski definition) is 3. The van der Waals surface area contributed by atoms with Crippen molar-refractivity contribution in [2.45, 2.75) is 38.8 Å². The van der Waals surface area contributed by atoms with E-state index in [0.29, 0.717) is 13.1 Å². The van der Waals surface area contributed by atoms with Crippen LogP contribution in [0, 0.1) is 5.92 Å². The molecule has 0 aliphatic carbocycles. The highest BCUT2D eigenvalue weighted by Crippen LogP contribution is 2.13. The zero-order chi connectivity index (χ0) is 16.1. The van der Waals surface area contributed by atoms with E-state index in [1.165, 1.54) is 0 Å². The van der Waals surface area contributed by atoms with Crippen LogP contribution in [0.3, 0.4) is 0 Å². The highest BCUT2D eigenvalue weighted by atomic mass is 35.5. The molecule has 6 heteroatoms. The monoisotopic (exact) mass is 339 g/mol. The van der Waals surface area contributed by atoms with Gasteiger partial charge in [-0.05, 0) is 17.9 Å². The van der Waals surface area contributed by atoms with Crippen molar-refractivity contribution in [3.63, 3.8) is 0 Å². The molecular weight excluding hydrogens is 314 g/mol. The minimum atomic E-state index is -0.485. The molecule has 0 radical (unpaired) electrons. The molecule has 2 rings (SSSR count). The maximum absolute atomic E-state index is 12.6. The molecule has 128 valence electrons. The van der Waals surface area contributed by atoms with Crippen molar-refractivity contribution in [2.75, 3.05) is 13.1 Å². The molecule has 23 heavy (non-hydrogen) atoms. The van der Waals surface area contributed by atoms with Crippen LogP contribution in [-0.4, -0.2) is 41.9 Å². The van der Waals surface area contributed by atoms with Gasteiger partial charge in [0, 0.05) is 19.1 Å². The largest absolute Gasteiger partial charge is 0.344 e. The number of benzene rings is 1. The first kappa shape index (κ1) is 19.5. The summed E-state index contributed by atoms with van der Waals surface area (Å²) in [4.78, 5) is 26.5. The van der Waals surface area contributed by atoms with Crippen molar-refractivity contribution < 1.29 is 9.59 Å². The number of halogens is 1. The highest BCUT2D eigenvalue weighted by Gasteiger charge is 2.32. The van der Waals surface area contributed by atoms with Gasteiger partial charge in [0.1, 0.15) is 6.04 Å². The number of nitrogens with one attached hydrogen (secondary N) is 1. The molecule has 1 fully saturated rings. The predicted molar refractivity (Wildman–Crippen MR) is 93.3 cm³/mol. The van der Waals surface area contributed by atoms with Gasteiger partial charge in [-0.15, -0.1) is 12.4 Å². The number of nitrogens with zero attached hydrogens (tertiary/aromatic N) is 1. The van der Waals surface area contributed by atoms with Gasteiger partial charge in [-0.1, -0.05) is 44.2 Å². The zero-order valence-corrected chi connectivity index (χ0v) is 14.5. The Kier molecular flexibility index (Phi) is 7.52. The second kappa shape index (κ2) is 8.89. The van der Waals surface area contributed by atoms with Gasteiger partial charge in [-0.2, -0.15) is 0 Å². The summed E-state index contributed by atoms with van der Waals surface area (Å²) in [6.45, 7) is 5.15. The Balaban J connectivity index is 0.00000264. The third-order valence-electron chi connectivity index (χ3n) is 3.99. The van der Waals surface area contributed by atoms with Crippen molar-refractivity contribution in [1.82, 2.24) is 10.2 Å². The van der Waals surface area contributed by atoms with E-state index >= 15 is 0 Å². The van der Waals surface area contributed by atoms with Crippen LogP contribution in [0.25, 0.3) is 0 Å². The van der Waals surface area contributed by atoms with Crippen molar-refractivity contribution in [3.05, 3.63) is 35.9 Å². The summed E-state index contributed by atoms with van der Waals surface area (Å²) in [5.74, 6) is -0.102. The van der Waals surface area contributed by atoms with Gasteiger partial charge in [-0.25, -0.2) is 0 Å². The van der Waals surface area contributed by atoms with E-state index in [1.807, 2.05) is 44.2 Å². The summed E-state index contributed by atoms with van der Waals surface area (Å²) in [5, 5.41) is 2.89. The van der Waals surface area contributed by atoms with Gasteiger partial charge in [0.15, 0.2) is 0 Å². The van der Waals surface area contributed by atoms with E-state index in [1.54, 1.807) is 4.90 Å². The fourth-order valence-electron chi connectivity index (χ4n) is 2.70. The van der Waals surface area contributed by atoms with Crippen LogP contribution in [-0.2, 0) is 16.0 Å². The van der Waals surface area contributed by atoms with E-state index < -0.39 is 6.04 Å². The molecule has 0 aromatic heterocycles. The SMILES string of the molecule is CC(C)C(NC(=O)Cc1ccccc1)C(=O)N1CC[C@@H](N)C1.Cl. The maximum Gasteiger partial charge on any atom is 0.245 e. The topological polar surface area (TPSA) is 75.4 Å². The average molecular weight is 340 g/mol. The average Bonchev–Trinajstić information content (AvgIpc) is 2.91. The fraction of sp³-hybridized carbons (Fsp3) is 0.529. The van der Waals surface area contributed by atoms with Crippen molar-refractivity contribution in [3.8, 4) is 0 Å². The highest BCUT2D eigenvalue weighted by molar-refractivity contribution is 5.88. The predicted octanol–water partition coefficient (Wildman–Crippen LogP) is 1.35. The van der Waals surface area contributed by atoms with Crippen LogP contribution in [0.15, 0.2) is 30.3 Å². The first-order chi connectivity index (χ1) is 10.5. The third kappa shape index (κ3) is 5.52. The fourth-order valence-corrected chi connectivity index (χ4v) is 2.70. The van der Waals surface area contributed by atoms with Crippen LogP contribution in [0.2, 0.25) is 0 Å². The first-order valence-electron chi connectivity index (χ1n) is 7.85. The van der Waals surface area contributed by atoms with Crippen molar-refractivity contribution in [2.24, 2.45) is 11.7 Å². The summed E-state index contributed by atoms with van der Waals surface area (Å²) in [6.07, 6.45) is 1.12. The lowest BCUT2D eigenvalue weighted by molar-refractivity contribution is -0.136. The summed E-state index contributed by atoms with van der Waals surface area (Å²) in [6, 6.07) is 9.10. The van der Waals surface area contributed by atoms with Crippen molar-refractivity contribution >= 4 is 24.2 Å². The van der Waals surface area contributed by atoms with Crippen LogP contribution >= 0.6 is 12.4 Å². The van der Waals surface area contributed by atoms with Crippen LogP contribution in [0.5, 0.6) is 0 Å². The third-order valence-corrected chi connectivity index (χ3v) is 3.99. The lowest BCUT2D eigenvalue weighted by Gasteiger charge is -2.26. The molecule has 2 atom stereocenters. The number of likely N-dealkylation sites (tertiary alicyclic amines) is 1. The van der Waals surface area contributed by atoms with Crippen LogP contribution < -0.4 is 11.1 Å². The Labute approximate surface area is 144 Å². The molecule has 2 amide bonds. The molecule has 1 aliphatic rings. The number of carbonyl (C=O) groups excluding carboxylic acids is 2. The zero-order valence-electron chi connectivity index (χ0n) is 13.7. The summed E-state index contributed by atoms with van der Waals surface area (Å²) in [5.41, 5.74) is 6.80. The maximum atomic E-state index is 12.6. The van der Waals surface area contributed by atoms with E-state index in [4.69, 9.17) is 5.73 Å². The number of carbonyl (C=O) groups is 2. The molecule has 5 nitrogen and oxygen atoms in total. The second-order valence-corrected chi connectivity index (χ2v) is 6.28. The Hall–Kier alpha value is -1.59. The second-order valence-electron chi connectivity index (χ2n) is 6.28. The summed E-state index contributed by atoms with van der Waals surface area (Å²) in [7, 11) is 0. The molecular formula is C17H26ClN3O2. The Bertz CT molecular complexity index is 522. The van der Waals surface area contributed by atoms with Crippen molar-refractivity contribution in [1.29, 1.82) is 0 Å². The van der Waals surface area contributed by atoms with Gasteiger partial charge in [0.25, 0.3) is 0 Å². The van der Waals surface area contributed by atoms with Crippen LogP contribution in [0.4, 0.5) is 0 Å². The molecule has 1 aromatic carbocycles. The number of rotatable bonds is 5. The number of hydrogen-bond donors (Lipinski definition) is 2. The summed E-state index contributed by atoms with van der Waals surface area (Å²) < 4.78 is 0. The molecule has 0 spiro atoms. The number of amides is 2. The minimum absolute atomic E-state index is 0. The van der Waals surface area contributed by atoms with Crippen LogP contribution in [0.1, 0.15) is 25.8 Å². The lowest BCUT2D eigenvalue weighted by Crippen LogP contribution is -2.51. The normalized spacial score (nSPS) is 18.4. The van der Waals surface area contributed by atoms with Gasteiger partial charge in [-0.3, -0.25) is 9.59 Å². The smallest absolute Gasteiger partial charge is 0.245 e. The van der Waals surface area contributed by atoms with Gasteiger partial charge < -0.3 is 16.0 Å². The molecule has 1 aromatic rings. The van der Waals surface area contributed by atoms with Gasteiger partial charge in [0.2, 0.25) is 11.8 Å². The van der Waals surface area contributed by atoms with Gasteiger partial charge >= 0.3 is 0 Å². The molecule has 3 N–H and O–H groups in total. The Morgan fingerprint density at radius 3 is 2.48 bits per heavy atom. The molecule has 0 saturated carbocycles. The van der Waals surface area contributed by atoms with E-state index in [9.17, 15) is 9.59 Å². The van der Waals surface area contributed by atoms with Gasteiger partial charge in [0.05, 0.1) is 6.42 Å². The Morgan fingerprint density at radius 1 is 1.30 bits per heavy atom. The van der Waals surface area contributed by atoms with E-state index in [-0.39, 0.29) is 42.6 Å². The molecule has 1 saturated heterocycles. The standard InChI is InChI=1S/C17H25N3O2.ClH/c1-12(2)16(17(22)20-9-8-14(18)11-20)19-15(21)10-13-6-4-3-5-7-13;/h3-7,12,14,16H,8-11,18H2,1-2H3,(H,19,21);1H/t14-,16?;/m1./s1.